The van der Waals surface area contributed by atoms with Gasteiger partial charge in [0.25, 0.3) is 0 Å². The highest BCUT2D eigenvalue weighted by atomic mass is 19.1. The van der Waals surface area contributed by atoms with Gasteiger partial charge in [0.2, 0.25) is 5.91 Å². The zero-order valence-corrected chi connectivity index (χ0v) is 24.9. The number of rotatable bonds is 11. The van der Waals surface area contributed by atoms with E-state index in [9.17, 15) is 9.18 Å². The van der Waals surface area contributed by atoms with Crippen molar-refractivity contribution in [1.29, 1.82) is 0 Å². The van der Waals surface area contributed by atoms with Gasteiger partial charge in [-0.05, 0) is 74.1 Å². The molecule has 0 saturated carbocycles. The van der Waals surface area contributed by atoms with E-state index < -0.39 is 0 Å². The van der Waals surface area contributed by atoms with Gasteiger partial charge in [-0.15, -0.1) is 0 Å². The molecular weight excluding hydrogens is 557 g/mol. The van der Waals surface area contributed by atoms with Gasteiger partial charge in [0.15, 0.2) is 11.5 Å². The summed E-state index contributed by atoms with van der Waals surface area (Å²) in [5.74, 6) is 0.186. The Morgan fingerprint density at radius 2 is 1.86 bits per heavy atom. The highest BCUT2D eigenvalue weighted by molar-refractivity contribution is 5.98. The molecule has 4 heterocycles. The van der Waals surface area contributed by atoms with Crippen LogP contribution in [-0.2, 0) is 4.79 Å². The first kappa shape index (κ1) is 28.9. The number of carbonyl (C=O) groups is 1. The molecule has 0 aliphatic carbocycles. The first-order chi connectivity index (χ1) is 21.4. The highest BCUT2D eigenvalue weighted by Crippen LogP contribution is 2.34. The lowest BCUT2D eigenvalue weighted by atomic mass is 10.0. The van der Waals surface area contributed by atoms with Crippen molar-refractivity contribution in [3.63, 3.8) is 0 Å². The second-order valence-corrected chi connectivity index (χ2v) is 11.0. The summed E-state index contributed by atoms with van der Waals surface area (Å²) in [4.78, 5) is 31.4. The monoisotopic (exact) mass is 591 g/mol. The molecular formula is C33H34FN9O. The Labute approximate surface area is 254 Å². The summed E-state index contributed by atoms with van der Waals surface area (Å²) in [7, 11) is 3.99. The number of fused-ring (bicyclic) bond motifs is 2. The van der Waals surface area contributed by atoms with Gasteiger partial charge in [-0.25, -0.2) is 14.4 Å². The van der Waals surface area contributed by atoms with E-state index in [1.54, 1.807) is 18.6 Å². The van der Waals surface area contributed by atoms with Gasteiger partial charge in [-0.1, -0.05) is 19.4 Å². The molecule has 6 rings (SSSR count). The Morgan fingerprint density at radius 3 is 2.70 bits per heavy atom. The van der Waals surface area contributed by atoms with Crippen LogP contribution in [0.1, 0.15) is 26.2 Å². The highest BCUT2D eigenvalue weighted by Gasteiger charge is 2.17. The molecule has 44 heavy (non-hydrogen) atoms. The summed E-state index contributed by atoms with van der Waals surface area (Å²) in [6.07, 6.45) is 7.38. The molecule has 224 valence electrons. The molecule has 0 atom stereocenters. The van der Waals surface area contributed by atoms with Crippen LogP contribution in [0.25, 0.3) is 55.8 Å². The lowest BCUT2D eigenvalue weighted by Gasteiger charge is -2.12. The topological polar surface area (TPSA) is 128 Å². The molecule has 4 aromatic heterocycles. The SMILES string of the molecule is CCCCC(=O)Nc1cncc(-c2ccc3[nH]nc(-c4nc5c(-c6cc(F)cc(NCCN(C)C)c6)ccnc5[nH]4)c3c2)c1. The maximum Gasteiger partial charge on any atom is 0.224 e. The first-order valence-corrected chi connectivity index (χ1v) is 14.7. The molecule has 0 fully saturated rings. The van der Waals surface area contributed by atoms with Crippen molar-refractivity contribution in [1.82, 2.24) is 35.0 Å². The van der Waals surface area contributed by atoms with Crippen LogP contribution >= 0.6 is 0 Å². The quantitative estimate of drug-likeness (QED) is 0.136. The van der Waals surface area contributed by atoms with Crippen LogP contribution in [0.3, 0.4) is 0 Å². The Bertz CT molecular complexity index is 1950. The molecule has 11 heteroatoms. The smallest absolute Gasteiger partial charge is 0.224 e. The van der Waals surface area contributed by atoms with Crippen LogP contribution in [-0.4, -0.2) is 68.1 Å². The van der Waals surface area contributed by atoms with Crippen LogP contribution < -0.4 is 10.6 Å². The molecule has 10 nitrogen and oxygen atoms in total. The molecule has 2 aromatic carbocycles. The predicted molar refractivity (Wildman–Crippen MR) is 173 cm³/mol. The number of unbranched alkanes of at least 4 members (excludes halogenated alkanes) is 1. The fourth-order valence-electron chi connectivity index (χ4n) is 5.13. The third-order valence-corrected chi connectivity index (χ3v) is 7.38. The van der Waals surface area contributed by atoms with E-state index in [0.717, 1.165) is 47.0 Å². The zero-order chi connectivity index (χ0) is 30.6. The lowest BCUT2D eigenvalue weighted by molar-refractivity contribution is -0.116. The number of anilines is 2. The van der Waals surface area contributed by atoms with Crippen molar-refractivity contribution >= 4 is 39.3 Å². The number of likely N-dealkylation sites (N-methyl/N-ethyl adjacent to an activating group) is 1. The molecule has 0 aliphatic heterocycles. The van der Waals surface area contributed by atoms with Crippen molar-refractivity contribution < 1.29 is 9.18 Å². The molecule has 1 amide bonds. The number of amides is 1. The predicted octanol–water partition coefficient (Wildman–Crippen LogP) is 6.47. The van der Waals surface area contributed by atoms with Gasteiger partial charge in [0.1, 0.15) is 17.0 Å². The summed E-state index contributed by atoms with van der Waals surface area (Å²) < 4.78 is 14.7. The number of nitrogens with one attached hydrogen (secondary N) is 4. The van der Waals surface area contributed by atoms with Gasteiger partial charge >= 0.3 is 0 Å². The number of hydrogen-bond acceptors (Lipinski definition) is 7. The van der Waals surface area contributed by atoms with Crippen LogP contribution in [0.4, 0.5) is 15.8 Å². The number of aromatic nitrogens is 6. The average molecular weight is 592 g/mol. The number of pyridine rings is 2. The standard InChI is InChI=1S/C33H34FN9O/c1-4-5-6-29(44)38-25-15-22(18-35-19-25)20-7-8-28-27(16-20)31(42-41-28)33-39-30-26(9-10-37-32(30)40-33)21-13-23(34)17-24(14-21)36-11-12-43(2)3/h7-10,13-19,36H,4-6,11-12H2,1-3H3,(H,38,44)(H,41,42)(H,37,39,40). The zero-order valence-electron chi connectivity index (χ0n) is 24.9. The minimum atomic E-state index is -0.333. The third-order valence-electron chi connectivity index (χ3n) is 7.38. The van der Waals surface area contributed by atoms with E-state index in [2.05, 4.69) is 47.6 Å². The number of benzene rings is 2. The molecule has 6 aromatic rings. The van der Waals surface area contributed by atoms with Crippen molar-refractivity contribution in [2.45, 2.75) is 26.2 Å². The number of halogens is 1. The van der Waals surface area contributed by atoms with E-state index in [0.29, 0.717) is 52.6 Å². The molecule has 0 aliphatic rings. The molecule has 4 N–H and O–H groups in total. The number of hydrogen-bond donors (Lipinski definition) is 4. The van der Waals surface area contributed by atoms with Crippen LogP contribution in [0.15, 0.2) is 67.1 Å². The van der Waals surface area contributed by atoms with Gasteiger partial charge in [0.05, 0.1) is 17.4 Å². The maximum atomic E-state index is 14.7. The normalized spacial score (nSPS) is 11.5. The average Bonchev–Trinajstić information content (AvgIpc) is 3.63. The summed E-state index contributed by atoms with van der Waals surface area (Å²) in [5.41, 5.74) is 7.27. The second-order valence-electron chi connectivity index (χ2n) is 11.0. The molecule has 0 spiro atoms. The largest absolute Gasteiger partial charge is 0.384 e. The number of imidazole rings is 1. The minimum absolute atomic E-state index is 0.0220. The van der Waals surface area contributed by atoms with E-state index in [1.807, 2.05) is 50.5 Å². The van der Waals surface area contributed by atoms with Gasteiger partial charge in [-0.3, -0.25) is 14.9 Å². The summed E-state index contributed by atoms with van der Waals surface area (Å²) in [6, 6.07) is 14.6. The summed E-state index contributed by atoms with van der Waals surface area (Å²) in [5, 5.41) is 14.8. The van der Waals surface area contributed by atoms with Gasteiger partial charge in [0, 0.05) is 54.1 Å². The minimum Gasteiger partial charge on any atom is -0.384 e. The van der Waals surface area contributed by atoms with E-state index in [1.165, 1.54) is 12.1 Å². The molecule has 0 bridgehead atoms. The Morgan fingerprint density at radius 1 is 1.00 bits per heavy atom. The van der Waals surface area contributed by atoms with Crippen LogP contribution in [0, 0.1) is 5.82 Å². The molecule has 0 unspecified atom stereocenters. The molecule has 0 saturated heterocycles. The maximum absolute atomic E-state index is 14.7. The Kier molecular flexibility index (Phi) is 8.29. The second kappa shape index (κ2) is 12.6. The fourth-order valence-corrected chi connectivity index (χ4v) is 5.13. The first-order valence-electron chi connectivity index (χ1n) is 14.7. The third kappa shape index (κ3) is 6.28. The molecule has 0 radical (unpaired) electrons. The summed E-state index contributed by atoms with van der Waals surface area (Å²) >= 11 is 0. The van der Waals surface area contributed by atoms with Crippen molar-refractivity contribution in [2.75, 3.05) is 37.8 Å². The van der Waals surface area contributed by atoms with Gasteiger partial charge < -0.3 is 20.5 Å². The van der Waals surface area contributed by atoms with E-state index in [4.69, 9.17) is 4.98 Å². The van der Waals surface area contributed by atoms with Crippen molar-refractivity contribution in [2.24, 2.45) is 0 Å². The van der Waals surface area contributed by atoms with Gasteiger partial charge in [-0.2, -0.15) is 5.10 Å². The Hall–Kier alpha value is -5.16. The van der Waals surface area contributed by atoms with Crippen molar-refractivity contribution in [3.8, 4) is 33.8 Å². The number of carbonyl (C=O) groups excluding carboxylic acids is 1. The van der Waals surface area contributed by atoms with Crippen LogP contribution in [0.5, 0.6) is 0 Å². The lowest BCUT2D eigenvalue weighted by Crippen LogP contribution is -2.20. The Balaban J connectivity index is 1.33. The number of aromatic amines is 2. The summed E-state index contributed by atoms with van der Waals surface area (Å²) in [6.45, 7) is 3.57. The van der Waals surface area contributed by atoms with E-state index >= 15 is 0 Å². The van der Waals surface area contributed by atoms with E-state index in [-0.39, 0.29) is 11.7 Å². The number of H-pyrrole nitrogens is 2. The van der Waals surface area contributed by atoms with Crippen molar-refractivity contribution in [3.05, 3.63) is 72.9 Å². The fraction of sp³-hybridized carbons (Fsp3) is 0.242. The number of nitrogens with zero attached hydrogens (tertiary/aromatic N) is 5. The van der Waals surface area contributed by atoms with Crippen LogP contribution in [0.2, 0.25) is 0 Å².